The number of rotatable bonds is 4. The number of likely N-dealkylation sites (tertiary alicyclic amines) is 1. The van der Waals surface area contributed by atoms with E-state index in [1.54, 1.807) is 0 Å². The lowest BCUT2D eigenvalue weighted by Gasteiger charge is -2.30. The smallest absolute Gasteiger partial charge is 0.260 e. The molecule has 1 aliphatic rings. The predicted molar refractivity (Wildman–Crippen MR) is 84.0 cm³/mol. The summed E-state index contributed by atoms with van der Waals surface area (Å²) >= 11 is 3.49. The van der Waals surface area contributed by atoms with Gasteiger partial charge in [-0.1, -0.05) is 19.9 Å². The molecule has 1 aliphatic heterocycles. The van der Waals surface area contributed by atoms with Crippen molar-refractivity contribution in [3.8, 4) is 5.75 Å². The topological polar surface area (TPSA) is 29.5 Å². The van der Waals surface area contributed by atoms with Crippen LogP contribution in [0.5, 0.6) is 5.75 Å². The standard InChI is InChI=1S/C16H22BrNO2/c1-3-13-4-5-15(14(17)10-13)20-11-16(19)18-8-6-12(2)7-9-18/h4-5,10,12H,3,6-9,11H2,1-2H3. The van der Waals surface area contributed by atoms with Crippen molar-refractivity contribution < 1.29 is 9.53 Å². The van der Waals surface area contributed by atoms with Gasteiger partial charge in [0.25, 0.3) is 5.91 Å². The van der Waals surface area contributed by atoms with Crippen LogP contribution in [0.1, 0.15) is 32.3 Å². The summed E-state index contributed by atoms with van der Waals surface area (Å²) in [6, 6.07) is 6.00. The van der Waals surface area contributed by atoms with E-state index in [4.69, 9.17) is 4.74 Å². The zero-order chi connectivity index (χ0) is 14.5. The fraction of sp³-hybridized carbons (Fsp3) is 0.562. The molecule has 3 nitrogen and oxygen atoms in total. The van der Waals surface area contributed by atoms with E-state index in [9.17, 15) is 4.79 Å². The summed E-state index contributed by atoms with van der Waals surface area (Å²) in [4.78, 5) is 14.0. The molecule has 4 heteroatoms. The van der Waals surface area contributed by atoms with Gasteiger partial charge in [-0.2, -0.15) is 0 Å². The van der Waals surface area contributed by atoms with Crippen LogP contribution in [0.25, 0.3) is 0 Å². The van der Waals surface area contributed by atoms with E-state index in [2.05, 4.69) is 29.8 Å². The van der Waals surface area contributed by atoms with E-state index in [0.29, 0.717) is 0 Å². The fourth-order valence-electron chi connectivity index (χ4n) is 2.37. The van der Waals surface area contributed by atoms with Gasteiger partial charge in [0.05, 0.1) is 4.47 Å². The van der Waals surface area contributed by atoms with Crippen molar-refractivity contribution in [2.75, 3.05) is 19.7 Å². The van der Waals surface area contributed by atoms with Crippen molar-refractivity contribution in [3.05, 3.63) is 28.2 Å². The molecule has 1 amide bonds. The molecule has 0 aliphatic carbocycles. The fourth-order valence-corrected chi connectivity index (χ4v) is 2.91. The number of aryl methyl sites for hydroxylation is 1. The van der Waals surface area contributed by atoms with E-state index in [-0.39, 0.29) is 12.5 Å². The number of hydrogen-bond donors (Lipinski definition) is 0. The lowest BCUT2D eigenvalue weighted by Crippen LogP contribution is -2.40. The monoisotopic (exact) mass is 339 g/mol. The van der Waals surface area contributed by atoms with E-state index in [1.807, 2.05) is 23.1 Å². The second-order valence-electron chi connectivity index (χ2n) is 5.47. The van der Waals surface area contributed by atoms with Crippen molar-refractivity contribution in [2.24, 2.45) is 5.92 Å². The third-order valence-electron chi connectivity index (χ3n) is 3.89. The highest BCUT2D eigenvalue weighted by Crippen LogP contribution is 2.26. The summed E-state index contributed by atoms with van der Waals surface area (Å²) in [5.74, 6) is 1.56. The van der Waals surface area contributed by atoms with Crippen LogP contribution in [0.4, 0.5) is 0 Å². The van der Waals surface area contributed by atoms with Gasteiger partial charge in [-0.05, 0) is 58.8 Å². The molecular formula is C16H22BrNO2. The van der Waals surface area contributed by atoms with Crippen molar-refractivity contribution in [1.29, 1.82) is 0 Å². The molecule has 2 rings (SSSR count). The predicted octanol–water partition coefficient (Wildman–Crippen LogP) is 3.65. The van der Waals surface area contributed by atoms with Gasteiger partial charge in [-0.3, -0.25) is 4.79 Å². The number of piperidine rings is 1. The second-order valence-corrected chi connectivity index (χ2v) is 6.32. The number of carbonyl (C=O) groups excluding carboxylic acids is 1. The van der Waals surface area contributed by atoms with Crippen LogP contribution >= 0.6 is 15.9 Å². The van der Waals surface area contributed by atoms with Crippen LogP contribution in [0.3, 0.4) is 0 Å². The van der Waals surface area contributed by atoms with Gasteiger partial charge in [0.15, 0.2) is 6.61 Å². The summed E-state index contributed by atoms with van der Waals surface area (Å²) in [5, 5.41) is 0. The van der Waals surface area contributed by atoms with E-state index in [1.165, 1.54) is 5.56 Å². The third kappa shape index (κ3) is 3.98. The first-order valence-electron chi connectivity index (χ1n) is 7.29. The maximum absolute atomic E-state index is 12.1. The summed E-state index contributed by atoms with van der Waals surface area (Å²) < 4.78 is 6.55. The van der Waals surface area contributed by atoms with Gasteiger partial charge < -0.3 is 9.64 Å². The Kier molecular flexibility index (Phi) is 5.46. The average Bonchev–Trinajstić information content (AvgIpc) is 2.46. The van der Waals surface area contributed by atoms with Gasteiger partial charge in [0.1, 0.15) is 5.75 Å². The first kappa shape index (κ1) is 15.4. The summed E-state index contributed by atoms with van der Waals surface area (Å²) in [5.41, 5.74) is 1.25. The van der Waals surface area contributed by atoms with Crippen LogP contribution < -0.4 is 4.74 Å². The third-order valence-corrected chi connectivity index (χ3v) is 4.51. The Morgan fingerprint density at radius 3 is 2.70 bits per heavy atom. The number of carbonyl (C=O) groups is 1. The first-order chi connectivity index (χ1) is 9.60. The second kappa shape index (κ2) is 7.11. The molecule has 20 heavy (non-hydrogen) atoms. The van der Waals surface area contributed by atoms with E-state index < -0.39 is 0 Å². The minimum atomic E-state index is 0.0865. The molecule has 110 valence electrons. The molecule has 0 spiro atoms. The van der Waals surface area contributed by atoms with Gasteiger partial charge in [-0.25, -0.2) is 0 Å². The Bertz CT molecular complexity index is 468. The molecule has 0 bridgehead atoms. The number of halogens is 1. The highest BCUT2D eigenvalue weighted by Gasteiger charge is 2.20. The molecule has 1 saturated heterocycles. The van der Waals surface area contributed by atoms with Crippen LogP contribution in [0.2, 0.25) is 0 Å². The number of benzene rings is 1. The number of amides is 1. The molecule has 0 saturated carbocycles. The highest BCUT2D eigenvalue weighted by molar-refractivity contribution is 9.10. The van der Waals surface area contributed by atoms with Crippen LogP contribution in [-0.2, 0) is 11.2 Å². The van der Waals surface area contributed by atoms with Crippen LogP contribution in [0.15, 0.2) is 22.7 Å². The summed E-state index contributed by atoms with van der Waals surface area (Å²) in [6.07, 6.45) is 3.19. The summed E-state index contributed by atoms with van der Waals surface area (Å²) in [6.45, 7) is 6.20. The minimum Gasteiger partial charge on any atom is -0.483 e. The molecule has 0 unspecified atom stereocenters. The first-order valence-corrected chi connectivity index (χ1v) is 8.08. The molecule has 0 atom stereocenters. The quantitative estimate of drug-likeness (QED) is 0.837. The Labute approximate surface area is 129 Å². The summed E-state index contributed by atoms with van der Waals surface area (Å²) in [7, 11) is 0. The van der Waals surface area contributed by atoms with Crippen molar-refractivity contribution in [1.82, 2.24) is 4.90 Å². The lowest BCUT2D eigenvalue weighted by atomic mass is 9.99. The van der Waals surface area contributed by atoms with Crippen molar-refractivity contribution in [3.63, 3.8) is 0 Å². The van der Waals surface area contributed by atoms with Gasteiger partial charge >= 0.3 is 0 Å². The van der Waals surface area contributed by atoms with E-state index >= 15 is 0 Å². The zero-order valence-corrected chi connectivity index (χ0v) is 13.8. The SMILES string of the molecule is CCc1ccc(OCC(=O)N2CCC(C)CC2)c(Br)c1. The molecule has 1 aromatic carbocycles. The van der Waals surface area contributed by atoms with Crippen molar-refractivity contribution in [2.45, 2.75) is 33.1 Å². The number of nitrogens with zero attached hydrogens (tertiary/aromatic N) is 1. The zero-order valence-electron chi connectivity index (χ0n) is 12.2. The molecule has 0 radical (unpaired) electrons. The maximum Gasteiger partial charge on any atom is 0.260 e. The molecule has 1 fully saturated rings. The average molecular weight is 340 g/mol. The van der Waals surface area contributed by atoms with Gasteiger partial charge in [0.2, 0.25) is 0 Å². The van der Waals surface area contributed by atoms with Crippen LogP contribution in [0, 0.1) is 5.92 Å². The largest absolute Gasteiger partial charge is 0.483 e. The van der Waals surface area contributed by atoms with Crippen LogP contribution in [-0.4, -0.2) is 30.5 Å². The molecule has 0 N–H and O–H groups in total. The normalized spacial score (nSPS) is 16.2. The Morgan fingerprint density at radius 1 is 1.40 bits per heavy atom. The Hall–Kier alpha value is -1.03. The molecule has 1 heterocycles. The number of ether oxygens (including phenoxy) is 1. The number of hydrogen-bond acceptors (Lipinski definition) is 2. The highest BCUT2D eigenvalue weighted by atomic mass is 79.9. The van der Waals surface area contributed by atoms with Gasteiger partial charge in [-0.15, -0.1) is 0 Å². The van der Waals surface area contributed by atoms with Crippen molar-refractivity contribution >= 4 is 21.8 Å². The molecule has 0 aromatic heterocycles. The minimum absolute atomic E-state index is 0.0865. The Morgan fingerprint density at radius 2 is 2.10 bits per heavy atom. The lowest BCUT2D eigenvalue weighted by molar-refractivity contribution is -0.134. The molecular weight excluding hydrogens is 318 g/mol. The van der Waals surface area contributed by atoms with Gasteiger partial charge in [0, 0.05) is 13.1 Å². The Balaban J connectivity index is 1.87. The van der Waals surface area contributed by atoms with E-state index in [0.717, 1.165) is 48.5 Å². The maximum atomic E-state index is 12.1. The molecule has 1 aromatic rings.